The lowest BCUT2D eigenvalue weighted by Gasteiger charge is -2.09. The van der Waals surface area contributed by atoms with Gasteiger partial charge in [-0.15, -0.1) is 0 Å². The quantitative estimate of drug-likeness (QED) is 0.611. The lowest BCUT2D eigenvalue weighted by atomic mass is 10.3. The van der Waals surface area contributed by atoms with Crippen molar-refractivity contribution in [2.75, 3.05) is 17.7 Å². The van der Waals surface area contributed by atoms with Gasteiger partial charge >= 0.3 is 0 Å². The molecule has 1 aromatic heterocycles. The third kappa shape index (κ3) is 3.07. The van der Waals surface area contributed by atoms with Crippen LogP contribution in [0.4, 0.5) is 10.9 Å². The van der Waals surface area contributed by atoms with E-state index in [1.54, 1.807) is 6.92 Å². The van der Waals surface area contributed by atoms with Crippen LogP contribution >= 0.6 is 11.3 Å². The Morgan fingerprint density at radius 2 is 2.41 bits per heavy atom. The fourth-order valence-corrected chi connectivity index (χ4v) is 2.16. The number of nitrogens with two attached hydrogens (primary N) is 1. The van der Waals surface area contributed by atoms with Crippen LogP contribution in [0.2, 0.25) is 0 Å². The van der Waals surface area contributed by atoms with Crippen molar-refractivity contribution in [3.63, 3.8) is 0 Å². The summed E-state index contributed by atoms with van der Waals surface area (Å²) in [6.45, 7) is 1.62. The molecule has 0 aromatic carbocycles. The summed E-state index contributed by atoms with van der Waals surface area (Å²) in [6.07, 6.45) is 2.28. The van der Waals surface area contributed by atoms with Crippen molar-refractivity contribution in [1.82, 2.24) is 10.3 Å². The summed E-state index contributed by atoms with van der Waals surface area (Å²) in [6, 6.07) is 0.191. The first-order valence-corrected chi connectivity index (χ1v) is 6.36. The standard InChI is InChI=1S/C10H16N4O2S/c1-5(4-15)12-9(16)7-8(11)14-10(17-7)13-6-2-3-6/h5-6,15H,2-4,11H2,1H3,(H,12,16)(H,13,14). The molecule has 1 atom stereocenters. The molecule has 1 saturated carbocycles. The van der Waals surface area contributed by atoms with Gasteiger partial charge in [-0.1, -0.05) is 11.3 Å². The van der Waals surface area contributed by atoms with Gasteiger partial charge in [0.2, 0.25) is 0 Å². The number of nitrogens with zero attached hydrogens (tertiary/aromatic N) is 1. The summed E-state index contributed by atoms with van der Waals surface area (Å²) in [5.41, 5.74) is 5.69. The Balaban J connectivity index is 2.03. The first-order valence-electron chi connectivity index (χ1n) is 5.54. The highest BCUT2D eigenvalue weighted by molar-refractivity contribution is 7.18. The minimum Gasteiger partial charge on any atom is -0.394 e. The Hall–Kier alpha value is -1.34. The second-order valence-electron chi connectivity index (χ2n) is 4.21. The van der Waals surface area contributed by atoms with E-state index in [9.17, 15) is 4.79 Å². The number of aromatic nitrogens is 1. The molecule has 0 aliphatic heterocycles. The number of nitrogen functional groups attached to an aromatic ring is 1. The molecule has 5 N–H and O–H groups in total. The number of hydrogen-bond donors (Lipinski definition) is 4. The van der Waals surface area contributed by atoms with Crippen LogP contribution in [0.3, 0.4) is 0 Å². The molecule has 1 aromatic rings. The van der Waals surface area contributed by atoms with E-state index in [1.807, 2.05) is 0 Å². The van der Waals surface area contributed by atoms with Gasteiger partial charge in [0, 0.05) is 12.1 Å². The predicted octanol–water partition coefficient (Wildman–Crippen LogP) is 0.410. The van der Waals surface area contributed by atoms with Gasteiger partial charge in [0.05, 0.1) is 6.61 Å². The second kappa shape index (κ2) is 4.89. The number of carbonyl (C=O) groups excluding carboxylic acids is 1. The van der Waals surface area contributed by atoms with E-state index in [0.29, 0.717) is 16.1 Å². The minimum absolute atomic E-state index is 0.0996. The highest BCUT2D eigenvalue weighted by Gasteiger charge is 2.24. The molecule has 17 heavy (non-hydrogen) atoms. The first-order chi connectivity index (χ1) is 8.10. The van der Waals surface area contributed by atoms with Crippen molar-refractivity contribution in [1.29, 1.82) is 0 Å². The van der Waals surface area contributed by atoms with Gasteiger partial charge in [-0.25, -0.2) is 4.98 Å². The fraction of sp³-hybridized carbons (Fsp3) is 0.600. The molecule has 1 heterocycles. The summed E-state index contributed by atoms with van der Waals surface area (Å²) in [4.78, 5) is 16.3. The van der Waals surface area contributed by atoms with Gasteiger partial charge < -0.3 is 21.5 Å². The molecule has 1 unspecified atom stereocenters. The van der Waals surface area contributed by atoms with E-state index in [2.05, 4.69) is 15.6 Å². The normalized spacial score (nSPS) is 16.6. The van der Waals surface area contributed by atoms with E-state index in [0.717, 1.165) is 12.8 Å². The Kier molecular flexibility index (Phi) is 3.49. The average Bonchev–Trinajstić information content (AvgIpc) is 3.01. The third-order valence-corrected chi connectivity index (χ3v) is 3.42. The Labute approximate surface area is 103 Å². The first kappa shape index (κ1) is 12.1. The SMILES string of the molecule is CC(CO)NC(=O)c1sc(NC2CC2)nc1N. The molecule has 6 nitrogen and oxygen atoms in total. The van der Waals surface area contributed by atoms with E-state index >= 15 is 0 Å². The molecule has 1 fully saturated rings. The maximum Gasteiger partial charge on any atom is 0.265 e. The predicted molar refractivity (Wildman–Crippen MR) is 67.2 cm³/mol. The maximum absolute atomic E-state index is 11.8. The van der Waals surface area contributed by atoms with Gasteiger partial charge in [0.15, 0.2) is 5.13 Å². The van der Waals surface area contributed by atoms with Gasteiger partial charge in [-0.05, 0) is 19.8 Å². The highest BCUT2D eigenvalue weighted by atomic mass is 32.1. The number of aliphatic hydroxyl groups excluding tert-OH is 1. The van der Waals surface area contributed by atoms with Crippen LogP contribution in [0.25, 0.3) is 0 Å². The minimum atomic E-state index is -0.288. The number of thiazole rings is 1. The van der Waals surface area contributed by atoms with Crippen molar-refractivity contribution >= 4 is 28.2 Å². The van der Waals surface area contributed by atoms with Crippen molar-refractivity contribution in [3.8, 4) is 0 Å². The van der Waals surface area contributed by atoms with E-state index < -0.39 is 0 Å². The van der Waals surface area contributed by atoms with Crippen molar-refractivity contribution in [2.24, 2.45) is 0 Å². The monoisotopic (exact) mass is 256 g/mol. The fourth-order valence-electron chi connectivity index (χ4n) is 1.29. The van der Waals surface area contributed by atoms with E-state index in [4.69, 9.17) is 10.8 Å². The number of hydrogen-bond acceptors (Lipinski definition) is 6. The zero-order chi connectivity index (χ0) is 12.4. The molecule has 1 amide bonds. The smallest absolute Gasteiger partial charge is 0.265 e. The lowest BCUT2D eigenvalue weighted by Crippen LogP contribution is -2.34. The van der Waals surface area contributed by atoms with Crippen molar-refractivity contribution in [2.45, 2.75) is 31.8 Å². The van der Waals surface area contributed by atoms with Crippen LogP contribution in [-0.2, 0) is 0 Å². The molecule has 0 radical (unpaired) electrons. The molecular formula is C10H16N4O2S. The van der Waals surface area contributed by atoms with Crippen LogP contribution in [0.5, 0.6) is 0 Å². The molecule has 0 spiro atoms. The summed E-state index contributed by atoms with van der Waals surface area (Å²) >= 11 is 1.25. The number of rotatable bonds is 5. The van der Waals surface area contributed by atoms with Crippen LogP contribution in [0.1, 0.15) is 29.4 Å². The molecule has 94 valence electrons. The summed E-state index contributed by atoms with van der Waals surface area (Å²) in [7, 11) is 0. The average molecular weight is 256 g/mol. The van der Waals surface area contributed by atoms with Crippen LogP contribution in [-0.4, -0.2) is 34.7 Å². The maximum atomic E-state index is 11.8. The zero-order valence-corrected chi connectivity index (χ0v) is 10.4. The number of aliphatic hydroxyl groups is 1. The molecular weight excluding hydrogens is 240 g/mol. The van der Waals surface area contributed by atoms with Crippen molar-refractivity contribution in [3.05, 3.63) is 4.88 Å². The number of anilines is 2. The number of nitrogens with one attached hydrogen (secondary N) is 2. The van der Waals surface area contributed by atoms with Gasteiger partial charge in [-0.3, -0.25) is 4.79 Å². The van der Waals surface area contributed by atoms with Crippen LogP contribution in [0, 0.1) is 0 Å². The highest BCUT2D eigenvalue weighted by Crippen LogP contribution is 2.30. The van der Waals surface area contributed by atoms with Crippen molar-refractivity contribution < 1.29 is 9.90 Å². The second-order valence-corrected chi connectivity index (χ2v) is 5.21. The molecule has 0 bridgehead atoms. The zero-order valence-electron chi connectivity index (χ0n) is 9.56. The van der Waals surface area contributed by atoms with Gasteiger partial charge in [0.1, 0.15) is 10.7 Å². The summed E-state index contributed by atoms with van der Waals surface area (Å²) in [5, 5.41) is 15.4. The Morgan fingerprint density at radius 1 is 1.71 bits per heavy atom. The summed E-state index contributed by atoms with van der Waals surface area (Å²) < 4.78 is 0. The van der Waals surface area contributed by atoms with Crippen LogP contribution < -0.4 is 16.4 Å². The van der Waals surface area contributed by atoms with E-state index in [-0.39, 0.29) is 24.4 Å². The molecule has 1 aliphatic rings. The number of amides is 1. The lowest BCUT2D eigenvalue weighted by molar-refractivity contribution is 0.0927. The molecule has 7 heteroatoms. The number of carbonyl (C=O) groups is 1. The Bertz CT molecular complexity index is 416. The topological polar surface area (TPSA) is 100 Å². The molecule has 1 aliphatic carbocycles. The van der Waals surface area contributed by atoms with Crippen LogP contribution in [0.15, 0.2) is 0 Å². The summed E-state index contributed by atoms with van der Waals surface area (Å²) in [5.74, 6) is -0.0498. The van der Waals surface area contributed by atoms with Gasteiger partial charge in [-0.2, -0.15) is 0 Å². The molecule has 2 rings (SSSR count). The third-order valence-electron chi connectivity index (χ3n) is 2.42. The van der Waals surface area contributed by atoms with Gasteiger partial charge in [0.25, 0.3) is 5.91 Å². The largest absolute Gasteiger partial charge is 0.394 e. The molecule has 0 saturated heterocycles. The Morgan fingerprint density at radius 3 is 3.00 bits per heavy atom. The van der Waals surface area contributed by atoms with E-state index in [1.165, 1.54) is 11.3 Å².